The van der Waals surface area contributed by atoms with E-state index in [2.05, 4.69) is 4.72 Å². The molecule has 248 valence electrons. The van der Waals surface area contributed by atoms with Gasteiger partial charge in [0, 0.05) is 6.42 Å². The molecule has 5 rings (SSSR count). The fraction of sp³-hybridized carbons (Fsp3) is 0.303. The van der Waals surface area contributed by atoms with Crippen molar-refractivity contribution in [3.05, 3.63) is 112 Å². The zero-order chi connectivity index (χ0) is 33.6. The molecule has 1 fully saturated rings. The summed E-state index contributed by atoms with van der Waals surface area (Å²) in [6, 6.07) is 19.7. The Morgan fingerprint density at radius 2 is 1.43 bits per heavy atom. The van der Waals surface area contributed by atoms with Crippen molar-refractivity contribution in [3.8, 4) is 0 Å². The molecular weight excluding hydrogens is 657 g/mol. The van der Waals surface area contributed by atoms with Crippen molar-refractivity contribution in [2.24, 2.45) is 0 Å². The predicted octanol–water partition coefficient (Wildman–Crippen LogP) is 5.07. The number of hydrogen-bond donors (Lipinski definition) is 1. The van der Waals surface area contributed by atoms with E-state index >= 15 is 0 Å². The van der Waals surface area contributed by atoms with Crippen LogP contribution in [0.3, 0.4) is 0 Å². The smallest absolute Gasteiger partial charge is 0.338 e. The molecule has 0 amide bonds. The quantitative estimate of drug-likeness (QED) is 0.214. The fourth-order valence-electron chi connectivity index (χ4n) is 5.20. The van der Waals surface area contributed by atoms with Crippen molar-refractivity contribution < 1.29 is 50.9 Å². The minimum absolute atomic E-state index is 0.0506. The van der Waals surface area contributed by atoms with Gasteiger partial charge in [0.05, 0.1) is 34.0 Å². The molecule has 0 saturated carbocycles. The van der Waals surface area contributed by atoms with Crippen LogP contribution in [0.1, 0.15) is 40.5 Å². The first-order valence-electron chi connectivity index (χ1n) is 14.7. The van der Waals surface area contributed by atoms with Gasteiger partial charge in [-0.25, -0.2) is 27.2 Å². The van der Waals surface area contributed by atoms with Crippen molar-refractivity contribution in [2.45, 2.75) is 43.0 Å². The Bertz CT molecular complexity index is 1690. The highest BCUT2D eigenvalue weighted by Gasteiger charge is 2.52. The molecular formula is C33H31ClFNO10S. The number of esters is 3. The number of ether oxygens (including phenoxy) is 5. The highest BCUT2D eigenvalue weighted by molar-refractivity contribution is 7.93. The number of benzene rings is 3. The van der Waals surface area contributed by atoms with Gasteiger partial charge in [0.15, 0.2) is 5.79 Å². The Hall–Kier alpha value is -4.30. The molecule has 2 aliphatic rings. The van der Waals surface area contributed by atoms with Crippen molar-refractivity contribution in [1.29, 1.82) is 0 Å². The summed E-state index contributed by atoms with van der Waals surface area (Å²) in [4.78, 5) is 38.6. The first-order chi connectivity index (χ1) is 22.5. The van der Waals surface area contributed by atoms with E-state index in [-0.39, 0.29) is 48.9 Å². The van der Waals surface area contributed by atoms with Crippen molar-refractivity contribution in [3.63, 3.8) is 0 Å². The molecule has 1 unspecified atom stereocenters. The van der Waals surface area contributed by atoms with E-state index in [0.29, 0.717) is 11.1 Å². The monoisotopic (exact) mass is 687 g/mol. The SMILES string of the molecule is CCOC(=O)C1=CC2(CCC1S(=O)(=O)Nc1ccc(F)cc1Cl)O[C@H](COC(=O)c1ccccc1)[C@@H](COC(=O)c1ccccc1)O2. The summed E-state index contributed by atoms with van der Waals surface area (Å²) >= 11 is 6.05. The van der Waals surface area contributed by atoms with E-state index in [0.717, 1.165) is 12.1 Å². The third-order valence-corrected chi connectivity index (χ3v) is 9.50. The van der Waals surface area contributed by atoms with Crippen molar-refractivity contribution >= 4 is 45.2 Å². The van der Waals surface area contributed by atoms with Crippen LogP contribution in [0.2, 0.25) is 5.02 Å². The summed E-state index contributed by atoms with van der Waals surface area (Å²) in [5, 5.41) is -1.60. The number of carbonyl (C=O) groups is 3. The van der Waals surface area contributed by atoms with Crippen LogP contribution in [0.25, 0.3) is 0 Å². The molecule has 1 saturated heterocycles. The molecule has 1 heterocycles. The number of rotatable bonds is 11. The molecule has 0 radical (unpaired) electrons. The number of halogens is 2. The molecule has 1 N–H and O–H groups in total. The molecule has 14 heteroatoms. The Kier molecular flexibility index (Phi) is 10.6. The van der Waals surface area contributed by atoms with Gasteiger partial charge in [-0.15, -0.1) is 0 Å². The van der Waals surface area contributed by atoms with E-state index in [9.17, 15) is 27.2 Å². The number of anilines is 1. The summed E-state index contributed by atoms with van der Waals surface area (Å²) in [6.07, 6.45) is -0.961. The second-order valence-electron chi connectivity index (χ2n) is 10.7. The fourth-order valence-corrected chi connectivity index (χ4v) is 7.03. The normalized spacial score (nSPS) is 20.2. The van der Waals surface area contributed by atoms with Gasteiger partial charge < -0.3 is 23.7 Å². The van der Waals surface area contributed by atoms with Gasteiger partial charge in [0.1, 0.15) is 36.5 Å². The lowest BCUT2D eigenvalue weighted by Gasteiger charge is -2.33. The highest BCUT2D eigenvalue weighted by atomic mass is 35.5. The number of carbonyl (C=O) groups excluding carboxylic acids is 3. The van der Waals surface area contributed by atoms with Gasteiger partial charge in [0.25, 0.3) is 0 Å². The van der Waals surface area contributed by atoms with Gasteiger partial charge in [-0.1, -0.05) is 48.0 Å². The summed E-state index contributed by atoms with van der Waals surface area (Å²) < 4.78 is 71.7. The highest BCUT2D eigenvalue weighted by Crippen LogP contribution is 2.42. The van der Waals surface area contributed by atoms with Crippen LogP contribution < -0.4 is 4.72 Å². The van der Waals surface area contributed by atoms with Crippen LogP contribution in [0.5, 0.6) is 0 Å². The lowest BCUT2D eigenvalue weighted by atomic mass is 9.94. The Morgan fingerprint density at radius 3 is 1.94 bits per heavy atom. The molecule has 0 bridgehead atoms. The second-order valence-corrected chi connectivity index (χ2v) is 12.9. The Morgan fingerprint density at radius 1 is 0.872 bits per heavy atom. The predicted molar refractivity (Wildman–Crippen MR) is 168 cm³/mol. The third-order valence-electron chi connectivity index (χ3n) is 7.44. The van der Waals surface area contributed by atoms with E-state index in [1.165, 1.54) is 12.1 Å². The van der Waals surface area contributed by atoms with E-state index < -0.39 is 57.0 Å². The van der Waals surface area contributed by atoms with E-state index in [4.69, 9.17) is 35.3 Å². The molecule has 1 spiro atoms. The molecule has 1 aliphatic heterocycles. The third kappa shape index (κ3) is 8.17. The van der Waals surface area contributed by atoms with E-state index in [1.807, 2.05) is 0 Å². The van der Waals surface area contributed by atoms with Gasteiger partial charge in [-0.3, -0.25) is 4.72 Å². The van der Waals surface area contributed by atoms with Crippen LogP contribution in [0.15, 0.2) is 90.5 Å². The number of hydrogen-bond acceptors (Lipinski definition) is 10. The number of nitrogens with one attached hydrogen (secondary N) is 1. The van der Waals surface area contributed by atoms with Crippen molar-refractivity contribution in [2.75, 3.05) is 24.5 Å². The van der Waals surface area contributed by atoms with Crippen LogP contribution >= 0.6 is 11.6 Å². The minimum Gasteiger partial charge on any atom is -0.463 e. The molecule has 47 heavy (non-hydrogen) atoms. The number of sulfonamides is 1. The zero-order valence-corrected chi connectivity index (χ0v) is 26.7. The topological polar surface area (TPSA) is 144 Å². The van der Waals surface area contributed by atoms with Crippen molar-refractivity contribution in [1.82, 2.24) is 0 Å². The molecule has 1 aliphatic carbocycles. The van der Waals surface area contributed by atoms with E-state index in [1.54, 1.807) is 67.6 Å². The summed E-state index contributed by atoms with van der Waals surface area (Å²) in [6.45, 7) is 0.898. The van der Waals surface area contributed by atoms with Gasteiger partial charge in [-0.2, -0.15) is 0 Å². The summed E-state index contributed by atoms with van der Waals surface area (Å²) in [5.41, 5.74) is 0.255. The maximum Gasteiger partial charge on any atom is 0.338 e. The summed E-state index contributed by atoms with van der Waals surface area (Å²) in [5.74, 6) is -4.50. The largest absolute Gasteiger partial charge is 0.463 e. The standard InChI is InChI=1S/C33H31ClFNO10S/c1-2-42-32(39)24-18-33(16-15-29(24)47(40,41)36-26-14-13-23(35)17-25(26)34)45-27(19-43-30(37)21-9-5-3-6-10-21)28(46-33)20-44-31(38)22-11-7-4-8-12-22/h3-14,17-18,27-29,36H,2,15-16,19-20H2,1H3/t27-,28-,29?/m1/s1. The minimum atomic E-state index is -4.34. The first-order valence-corrected chi connectivity index (χ1v) is 16.6. The average Bonchev–Trinajstić information content (AvgIpc) is 3.40. The summed E-state index contributed by atoms with van der Waals surface area (Å²) in [7, 11) is -4.34. The van der Waals surface area contributed by atoms with Gasteiger partial charge in [-0.05, 0) is 61.9 Å². The molecule has 11 nitrogen and oxygen atoms in total. The molecule has 3 atom stereocenters. The lowest BCUT2D eigenvalue weighted by Crippen LogP contribution is -2.43. The van der Waals surface area contributed by atoms with Gasteiger partial charge >= 0.3 is 17.9 Å². The van der Waals surface area contributed by atoms with Crippen LogP contribution in [0, 0.1) is 5.82 Å². The van der Waals surface area contributed by atoms with Crippen LogP contribution in [-0.2, 0) is 38.5 Å². The maximum atomic E-state index is 13.6. The lowest BCUT2D eigenvalue weighted by molar-refractivity contribution is -0.155. The van der Waals surface area contributed by atoms with Crippen LogP contribution in [-0.4, -0.2) is 69.4 Å². The zero-order valence-electron chi connectivity index (χ0n) is 25.1. The first kappa shape index (κ1) is 34.0. The van der Waals surface area contributed by atoms with Gasteiger partial charge in [0.2, 0.25) is 10.0 Å². The molecule has 3 aromatic carbocycles. The Balaban J connectivity index is 1.41. The molecule has 0 aromatic heterocycles. The van der Waals surface area contributed by atoms with Crippen LogP contribution in [0.4, 0.5) is 10.1 Å². The average molecular weight is 688 g/mol. The molecule has 3 aromatic rings. The Labute approximate surface area is 275 Å². The second kappa shape index (κ2) is 14.6. The maximum absolute atomic E-state index is 13.6.